The number of carbonyl (C=O) groups is 3. The molecule has 3 amide bonds. The van der Waals surface area contributed by atoms with Gasteiger partial charge in [-0.05, 0) is 63.4 Å². The number of benzene rings is 1. The number of para-hydroxylation sites is 1. The van der Waals surface area contributed by atoms with Crippen LogP contribution in [-0.2, 0) is 9.53 Å². The number of hydrogen-bond donors (Lipinski definition) is 2. The summed E-state index contributed by atoms with van der Waals surface area (Å²) in [5.74, 6) is 0.662. The smallest absolute Gasteiger partial charge is 0.407 e. The number of alkyl carbamates (subject to hydrolysis) is 1. The summed E-state index contributed by atoms with van der Waals surface area (Å²) in [6.07, 6.45) is 3.02. The molecule has 3 rings (SSSR count). The highest BCUT2D eigenvalue weighted by Gasteiger charge is 2.29. The van der Waals surface area contributed by atoms with E-state index in [4.69, 9.17) is 9.47 Å². The second kappa shape index (κ2) is 10.5. The number of thioether (sulfide) groups is 1. The first-order chi connectivity index (χ1) is 15.5. The third-order valence-electron chi connectivity index (χ3n) is 4.99. The summed E-state index contributed by atoms with van der Waals surface area (Å²) >= 11 is 0.891. The summed E-state index contributed by atoms with van der Waals surface area (Å²) in [7, 11) is 0. The van der Waals surface area contributed by atoms with Gasteiger partial charge in [0, 0.05) is 24.7 Å². The van der Waals surface area contributed by atoms with Crippen molar-refractivity contribution in [1.82, 2.24) is 10.6 Å². The minimum atomic E-state index is -0.563. The van der Waals surface area contributed by atoms with Crippen molar-refractivity contribution >= 4 is 40.8 Å². The van der Waals surface area contributed by atoms with Gasteiger partial charge in [-0.3, -0.25) is 14.9 Å². The Bertz CT molecular complexity index is 939. The predicted molar refractivity (Wildman–Crippen MR) is 130 cm³/mol. The molecule has 180 valence electrons. The molecule has 1 atom stereocenters. The molecular weight excluding hydrogens is 442 g/mol. The standard InChI is InChI=1S/C24H33N3O5S/c1-15(2)14-31-18-10-6-8-16(12-19-21(28)26-23(30)33-19)20(18)27-11-7-9-17(13-27)25-22(29)32-24(3,4)5/h6,8,10,12,15,17H,7,9,11,13-14H2,1-5H3,(H,25,29)(H,26,28,30)/b19-12-/t17-/m1/s1. The van der Waals surface area contributed by atoms with Gasteiger partial charge in [0.25, 0.3) is 11.1 Å². The number of nitrogens with one attached hydrogen (secondary N) is 2. The van der Waals surface area contributed by atoms with Gasteiger partial charge in [0.05, 0.1) is 17.2 Å². The van der Waals surface area contributed by atoms with Crippen LogP contribution in [0.25, 0.3) is 6.08 Å². The number of piperidine rings is 1. The molecule has 0 unspecified atom stereocenters. The minimum absolute atomic E-state index is 0.0852. The summed E-state index contributed by atoms with van der Waals surface area (Å²) in [5, 5.41) is 4.90. The molecule has 0 aliphatic carbocycles. The molecule has 8 nitrogen and oxygen atoms in total. The lowest BCUT2D eigenvalue weighted by atomic mass is 10.0. The Kier molecular flexibility index (Phi) is 7.94. The zero-order chi connectivity index (χ0) is 24.2. The van der Waals surface area contributed by atoms with E-state index in [2.05, 4.69) is 29.4 Å². The average Bonchev–Trinajstić information content (AvgIpc) is 3.01. The normalized spacial score (nSPS) is 20.2. The molecule has 2 heterocycles. The molecule has 2 saturated heterocycles. The second-order valence-electron chi connectivity index (χ2n) is 9.68. The van der Waals surface area contributed by atoms with Crippen LogP contribution >= 0.6 is 11.8 Å². The van der Waals surface area contributed by atoms with Crippen molar-refractivity contribution in [3.05, 3.63) is 28.7 Å². The van der Waals surface area contributed by atoms with Crippen molar-refractivity contribution in [3.63, 3.8) is 0 Å². The van der Waals surface area contributed by atoms with Gasteiger partial charge in [-0.15, -0.1) is 0 Å². The van der Waals surface area contributed by atoms with Crippen LogP contribution in [0.2, 0.25) is 0 Å². The van der Waals surface area contributed by atoms with Crippen molar-refractivity contribution in [1.29, 1.82) is 0 Å². The molecular formula is C24H33N3O5S. The quantitative estimate of drug-likeness (QED) is 0.583. The third-order valence-corrected chi connectivity index (χ3v) is 5.80. The summed E-state index contributed by atoms with van der Waals surface area (Å²) < 4.78 is 11.6. The molecule has 0 aromatic heterocycles. The number of carbonyl (C=O) groups excluding carboxylic acids is 3. The molecule has 0 saturated carbocycles. The van der Waals surface area contributed by atoms with Crippen molar-refractivity contribution < 1.29 is 23.9 Å². The van der Waals surface area contributed by atoms with Crippen LogP contribution in [0.3, 0.4) is 0 Å². The predicted octanol–water partition coefficient (Wildman–Crippen LogP) is 4.54. The van der Waals surface area contributed by atoms with Crippen LogP contribution in [-0.4, -0.2) is 48.6 Å². The largest absolute Gasteiger partial charge is 0.491 e. The van der Waals surface area contributed by atoms with Crippen molar-refractivity contribution in [2.24, 2.45) is 5.92 Å². The Balaban J connectivity index is 1.88. The number of ether oxygens (including phenoxy) is 2. The van der Waals surface area contributed by atoms with E-state index in [-0.39, 0.29) is 11.3 Å². The fourth-order valence-electron chi connectivity index (χ4n) is 3.70. The van der Waals surface area contributed by atoms with Crippen molar-refractivity contribution in [2.75, 3.05) is 24.6 Å². The molecule has 2 aliphatic heterocycles. The fourth-order valence-corrected chi connectivity index (χ4v) is 4.37. The van der Waals surface area contributed by atoms with Crippen molar-refractivity contribution in [2.45, 2.75) is 59.1 Å². The zero-order valence-electron chi connectivity index (χ0n) is 19.9. The van der Waals surface area contributed by atoms with Gasteiger partial charge in [0.15, 0.2) is 0 Å². The molecule has 1 aromatic rings. The number of amides is 3. The molecule has 0 spiro atoms. The van der Waals surface area contributed by atoms with Gasteiger partial charge < -0.3 is 19.7 Å². The van der Waals surface area contributed by atoms with Gasteiger partial charge in [-0.25, -0.2) is 4.79 Å². The third kappa shape index (κ3) is 7.15. The Hall–Kier alpha value is -2.68. The van der Waals surface area contributed by atoms with Crippen molar-refractivity contribution in [3.8, 4) is 5.75 Å². The van der Waals surface area contributed by atoms with Crippen LogP contribution in [0, 0.1) is 5.92 Å². The van der Waals surface area contributed by atoms with Gasteiger partial charge >= 0.3 is 6.09 Å². The number of rotatable bonds is 6. The Morgan fingerprint density at radius 3 is 2.73 bits per heavy atom. The highest BCUT2D eigenvalue weighted by Crippen LogP contribution is 2.37. The maximum Gasteiger partial charge on any atom is 0.407 e. The monoisotopic (exact) mass is 475 g/mol. The Morgan fingerprint density at radius 1 is 1.33 bits per heavy atom. The number of imide groups is 1. The van der Waals surface area contributed by atoms with E-state index < -0.39 is 17.6 Å². The molecule has 1 aromatic carbocycles. The molecule has 9 heteroatoms. The maximum absolute atomic E-state index is 12.3. The second-order valence-corrected chi connectivity index (χ2v) is 10.7. The molecule has 2 N–H and O–H groups in total. The molecule has 33 heavy (non-hydrogen) atoms. The van der Waals surface area contributed by atoms with Gasteiger partial charge in [0.2, 0.25) is 0 Å². The minimum Gasteiger partial charge on any atom is -0.491 e. The van der Waals surface area contributed by atoms with E-state index in [0.717, 1.165) is 42.4 Å². The molecule has 0 radical (unpaired) electrons. The SMILES string of the molecule is CC(C)COc1cccc(/C=C2\SC(=O)NC2=O)c1N1CCC[C@@H](NC(=O)OC(C)(C)C)C1. The van der Waals surface area contributed by atoms with Gasteiger partial charge in [0.1, 0.15) is 11.4 Å². The highest BCUT2D eigenvalue weighted by molar-refractivity contribution is 8.18. The molecule has 2 aliphatic rings. The number of nitrogens with zero attached hydrogens (tertiary/aromatic N) is 1. The Labute approximate surface area is 199 Å². The average molecular weight is 476 g/mol. The summed E-state index contributed by atoms with van der Waals surface area (Å²) in [4.78, 5) is 38.6. The van der Waals surface area contributed by atoms with Crippen LogP contribution in [0.4, 0.5) is 15.3 Å². The number of anilines is 1. The zero-order valence-corrected chi connectivity index (χ0v) is 20.7. The first kappa shape index (κ1) is 25.0. The van der Waals surface area contributed by atoms with E-state index in [1.165, 1.54) is 0 Å². The fraction of sp³-hybridized carbons (Fsp3) is 0.542. The van der Waals surface area contributed by atoms with E-state index in [0.29, 0.717) is 29.7 Å². The topological polar surface area (TPSA) is 97.0 Å². The van der Waals surface area contributed by atoms with Crippen LogP contribution in [0.15, 0.2) is 23.1 Å². The summed E-state index contributed by atoms with van der Waals surface area (Å²) in [5.41, 5.74) is 1.09. The summed E-state index contributed by atoms with van der Waals surface area (Å²) in [6, 6.07) is 5.62. The number of hydrogen-bond acceptors (Lipinski definition) is 7. The maximum atomic E-state index is 12.3. The molecule has 0 bridgehead atoms. The first-order valence-electron chi connectivity index (χ1n) is 11.3. The first-order valence-corrected chi connectivity index (χ1v) is 12.1. The van der Waals surface area contributed by atoms with Crippen LogP contribution < -0.4 is 20.3 Å². The lowest BCUT2D eigenvalue weighted by molar-refractivity contribution is -0.115. The van der Waals surface area contributed by atoms with E-state index in [9.17, 15) is 14.4 Å². The lowest BCUT2D eigenvalue weighted by Crippen LogP contribution is -2.49. The molecule has 2 fully saturated rings. The van der Waals surface area contributed by atoms with Crippen LogP contribution in [0.5, 0.6) is 5.75 Å². The van der Waals surface area contributed by atoms with E-state index >= 15 is 0 Å². The van der Waals surface area contributed by atoms with Crippen LogP contribution in [0.1, 0.15) is 53.0 Å². The van der Waals surface area contributed by atoms with Gasteiger partial charge in [-0.2, -0.15) is 0 Å². The highest BCUT2D eigenvalue weighted by atomic mass is 32.2. The van der Waals surface area contributed by atoms with Gasteiger partial charge in [-0.1, -0.05) is 26.0 Å². The Morgan fingerprint density at radius 2 is 2.09 bits per heavy atom. The van der Waals surface area contributed by atoms with E-state index in [1.54, 1.807) is 6.08 Å². The van der Waals surface area contributed by atoms with E-state index in [1.807, 2.05) is 39.0 Å². The summed E-state index contributed by atoms with van der Waals surface area (Å²) in [6.45, 7) is 11.6. The lowest BCUT2D eigenvalue weighted by Gasteiger charge is -2.36.